The molecule has 0 fully saturated rings. The molecule has 2 aromatic heterocycles. The molecule has 0 saturated carbocycles. The van der Waals surface area contributed by atoms with E-state index in [1.54, 1.807) is 19.9 Å². The Kier molecular flexibility index (Phi) is 3.72. The van der Waals surface area contributed by atoms with Crippen LogP contribution in [0.25, 0.3) is 0 Å². The molecule has 0 saturated heterocycles. The highest BCUT2D eigenvalue weighted by molar-refractivity contribution is 5.47. The summed E-state index contributed by atoms with van der Waals surface area (Å²) < 4.78 is 5.43. The standard InChI is InChI=1S/C14H16N4O2/c1-9-6-11(10(2)20-9)14(3,19)8-18-13-12(7-15)16-4-5-17-13/h4-6,19H,8H2,1-3H3,(H,17,18)/t14-/m0/s1. The average Bonchev–Trinajstić information content (AvgIpc) is 2.76. The molecule has 0 aliphatic carbocycles. The lowest BCUT2D eigenvalue weighted by atomic mass is 9.96. The second kappa shape index (κ2) is 5.31. The molecule has 0 aliphatic heterocycles. The van der Waals surface area contributed by atoms with Crippen LogP contribution in [0.1, 0.15) is 29.7 Å². The van der Waals surface area contributed by atoms with Crippen LogP contribution in [-0.2, 0) is 5.60 Å². The zero-order chi connectivity index (χ0) is 14.8. The molecule has 0 spiro atoms. The molecule has 20 heavy (non-hydrogen) atoms. The first-order valence-corrected chi connectivity index (χ1v) is 6.19. The Bertz CT molecular complexity index is 655. The Labute approximate surface area is 117 Å². The van der Waals surface area contributed by atoms with Crippen LogP contribution in [0.3, 0.4) is 0 Å². The van der Waals surface area contributed by atoms with Crippen molar-refractivity contribution in [3.8, 4) is 6.07 Å². The monoisotopic (exact) mass is 272 g/mol. The molecule has 0 bridgehead atoms. The second-order valence-corrected chi connectivity index (χ2v) is 4.82. The number of nitrogens with one attached hydrogen (secondary N) is 1. The average molecular weight is 272 g/mol. The van der Waals surface area contributed by atoms with Crippen LogP contribution in [0.15, 0.2) is 22.9 Å². The van der Waals surface area contributed by atoms with Gasteiger partial charge in [-0.3, -0.25) is 0 Å². The first-order chi connectivity index (χ1) is 9.44. The number of nitriles is 1. The maximum absolute atomic E-state index is 10.6. The van der Waals surface area contributed by atoms with E-state index in [1.807, 2.05) is 13.0 Å². The van der Waals surface area contributed by atoms with Crippen molar-refractivity contribution in [2.45, 2.75) is 26.4 Å². The molecule has 6 heteroatoms. The SMILES string of the molecule is Cc1cc([C@@](C)(O)CNc2nccnc2C#N)c(C)o1. The van der Waals surface area contributed by atoms with Gasteiger partial charge >= 0.3 is 0 Å². The molecule has 0 unspecified atom stereocenters. The van der Waals surface area contributed by atoms with E-state index >= 15 is 0 Å². The fraction of sp³-hybridized carbons (Fsp3) is 0.357. The minimum Gasteiger partial charge on any atom is -0.466 e. The normalized spacial score (nSPS) is 13.6. The lowest BCUT2D eigenvalue weighted by molar-refractivity contribution is 0.0698. The molecule has 0 aromatic carbocycles. The number of nitrogens with zero attached hydrogens (tertiary/aromatic N) is 3. The van der Waals surface area contributed by atoms with E-state index in [4.69, 9.17) is 9.68 Å². The number of anilines is 1. The van der Waals surface area contributed by atoms with Gasteiger partial charge in [0.15, 0.2) is 11.5 Å². The van der Waals surface area contributed by atoms with Gasteiger partial charge in [-0.05, 0) is 26.8 Å². The number of hydrogen-bond donors (Lipinski definition) is 2. The largest absolute Gasteiger partial charge is 0.466 e. The second-order valence-electron chi connectivity index (χ2n) is 4.82. The van der Waals surface area contributed by atoms with Gasteiger partial charge in [0.25, 0.3) is 0 Å². The smallest absolute Gasteiger partial charge is 0.182 e. The maximum atomic E-state index is 10.6. The Morgan fingerprint density at radius 2 is 2.10 bits per heavy atom. The van der Waals surface area contributed by atoms with E-state index in [9.17, 15) is 5.11 Å². The van der Waals surface area contributed by atoms with Crippen LogP contribution in [0.2, 0.25) is 0 Å². The van der Waals surface area contributed by atoms with Crippen molar-refractivity contribution in [3.63, 3.8) is 0 Å². The lowest BCUT2D eigenvalue weighted by Crippen LogP contribution is -2.31. The fourth-order valence-electron chi connectivity index (χ4n) is 2.07. The zero-order valence-electron chi connectivity index (χ0n) is 11.6. The lowest BCUT2D eigenvalue weighted by Gasteiger charge is -2.23. The minimum absolute atomic E-state index is 0.195. The van der Waals surface area contributed by atoms with Crippen LogP contribution in [0, 0.1) is 25.2 Å². The fourth-order valence-corrected chi connectivity index (χ4v) is 2.07. The van der Waals surface area contributed by atoms with Crippen molar-refractivity contribution >= 4 is 5.82 Å². The minimum atomic E-state index is -1.13. The van der Waals surface area contributed by atoms with E-state index in [0.717, 1.165) is 5.76 Å². The van der Waals surface area contributed by atoms with E-state index in [1.165, 1.54) is 12.4 Å². The van der Waals surface area contributed by atoms with Gasteiger partial charge in [0.05, 0.1) is 0 Å². The quantitative estimate of drug-likeness (QED) is 0.882. The van der Waals surface area contributed by atoms with E-state index in [-0.39, 0.29) is 12.2 Å². The Morgan fingerprint density at radius 1 is 1.40 bits per heavy atom. The van der Waals surface area contributed by atoms with Crippen molar-refractivity contribution in [1.29, 1.82) is 5.26 Å². The molecule has 1 atom stereocenters. The maximum Gasteiger partial charge on any atom is 0.182 e. The van der Waals surface area contributed by atoms with Gasteiger partial charge in [-0.15, -0.1) is 0 Å². The van der Waals surface area contributed by atoms with Gasteiger partial charge in [0, 0.05) is 24.5 Å². The van der Waals surface area contributed by atoms with Gasteiger partial charge in [-0.25, -0.2) is 9.97 Å². The molecular formula is C14H16N4O2. The summed E-state index contributed by atoms with van der Waals surface area (Å²) >= 11 is 0. The third-order valence-electron chi connectivity index (χ3n) is 3.03. The molecular weight excluding hydrogens is 256 g/mol. The van der Waals surface area contributed by atoms with Gasteiger partial charge in [0.1, 0.15) is 23.2 Å². The summed E-state index contributed by atoms with van der Waals surface area (Å²) in [4.78, 5) is 7.95. The van der Waals surface area contributed by atoms with Crippen molar-refractivity contribution in [2.75, 3.05) is 11.9 Å². The summed E-state index contributed by atoms with van der Waals surface area (Å²) in [6, 6.07) is 3.76. The molecule has 6 nitrogen and oxygen atoms in total. The number of hydrogen-bond acceptors (Lipinski definition) is 6. The third-order valence-corrected chi connectivity index (χ3v) is 3.03. The van der Waals surface area contributed by atoms with Crippen LogP contribution < -0.4 is 5.32 Å². The van der Waals surface area contributed by atoms with Gasteiger partial charge in [-0.2, -0.15) is 5.26 Å². The number of aryl methyl sites for hydroxylation is 2. The van der Waals surface area contributed by atoms with E-state index < -0.39 is 5.60 Å². The van der Waals surface area contributed by atoms with Crippen molar-refractivity contribution < 1.29 is 9.52 Å². The molecule has 2 aromatic rings. The molecule has 0 aliphatic rings. The topological polar surface area (TPSA) is 95.0 Å². The number of rotatable bonds is 4. The van der Waals surface area contributed by atoms with Gasteiger partial charge in [-0.1, -0.05) is 0 Å². The molecule has 2 N–H and O–H groups in total. The van der Waals surface area contributed by atoms with Crippen LogP contribution in [-0.4, -0.2) is 21.6 Å². The predicted octanol–water partition coefficient (Wildman–Crippen LogP) is 1.88. The number of aliphatic hydroxyl groups is 1. The van der Waals surface area contributed by atoms with Crippen molar-refractivity contribution in [1.82, 2.24) is 9.97 Å². The first kappa shape index (κ1) is 14.0. The third kappa shape index (κ3) is 2.78. The Morgan fingerprint density at radius 3 is 2.70 bits per heavy atom. The number of aromatic nitrogens is 2. The highest BCUT2D eigenvalue weighted by Crippen LogP contribution is 2.27. The summed E-state index contributed by atoms with van der Waals surface area (Å²) in [7, 11) is 0. The van der Waals surface area contributed by atoms with Crippen molar-refractivity contribution in [2.24, 2.45) is 0 Å². The van der Waals surface area contributed by atoms with Crippen molar-refractivity contribution in [3.05, 3.63) is 41.2 Å². The summed E-state index contributed by atoms with van der Waals surface area (Å²) in [5.41, 5.74) is -0.222. The van der Waals surface area contributed by atoms with Crippen LogP contribution in [0.4, 0.5) is 5.82 Å². The first-order valence-electron chi connectivity index (χ1n) is 6.19. The highest BCUT2D eigenvalue weighted by Gasteiger charge is 2.28. The number of furan rings is 1. The zero-order valence-corrected chi connectivity index (χ0v) is 11.6. The summed E-state index contributed by atoms with van der Waals surface area (Å²) in [5, 5.41) is 22.4. The Hall–Kier alpha value is -2.39. The molecule has 0 amide bonds. The summed E-state index contributed by atoms with van der Waals surface area (Å²) in [5.74, 6) is 1.78. The van der Waals surface area contributed by atoms with Crippen LogP contribution in [0.5, 0.6) is 0 Å². The summed E-state index contributed by atoms with van der Waals surface area (Å²) in [6.45, 7) is 5.51. The van der Waals surface area contributed by atoms with Gasteiger partial charge in [0.2, 0.25) is 0 Å². The van der Waals surface area contributed by atoms with E-state index in [0.29, 0.717) is 17.1 Å². The molecule has 104 valence electrons. The van der Waals surface area contributed by atoms with Crippen LogP contribution >= 0.6 is 0 Å². The summed E-state index contributed by atoms with van der Waals surface area (Å²) in [6.07, 6.45) is 2.94. The van der Waals surface area contributed by atoms with E-state index in [2.05, 4.69) is 15.3 Å². The molecule has 0 radical (unpaired) electrons. The van der Waals surface area contributed by atoms with Gasteiger partial charge < -0.3 is 14.8 Å². The highest BCUT2D eigenvalue weighted by atomic mass is 16.3. The molecule has 2 rings (SSSR count). The Balaban J connectivity index is 2.17. The molecule has 2 heterocycles. The predicted molar refractivity (Wildman–Crippen MR) is 73.0 cm³/mol.